The number of aryl methyl sites for hydroxylation is 1. The molecule has 1 N–H and O–H groups in total. The molecule has 7 heteroatoms. The van der Waals surface area contributed by atoms with Crippen molar-refractivity contribution >= 4 is 15.8 Å². The average Bonchev–Trinajstić information content (AvgIpc) is 2.35. The van der Waals surface area contributed by atoms with Crippen LogP contribution in [0.25, 0.3) is 0 Å². The Morgan fingerprint density at radius 1 is 1.35 bits per heavy atom. The maximum atomic E-state index is 13.3. The zero-order valence-corrected chi connectivity index (χ0v) is 11.9. The normalized spacial score (nSPS) is 20.5. The number of carboxylic acids is 1. The number of nitrogens with zero attached hydrogens (tertiary/aromatic N) is 1. The average molecular weight is 301 g/mol. The standard InChI is InChI=1S/C13H16FNO4S/c1-9-8-10(2-3-11(9)14)12(13(16)17)15-4-6-20(18,19)7-5-15/h2-3,8,12H,4-7H2,1H3,(H,16,17)/t12-/m0/s1. The van der Waals surface area contributed by atoms with Gasteiger partial charge in [-0.05, 0) is 24.1 Å². The van der Waals surface area contributed by atoms with E-state index in [1.54, 1.807) is 11.8 Å². The Balaban J connectivity index is 2.28. The van der Waals surface area contributed by atoms with Crippen molar-refractivity contribution in [2.45, 2.75) is 13.0 Å². The van der Waals surface area contributed by atoms with Gasteiger partial charge in [0.15, 0.2) is 9.84 Å². The van der Waals surface area contributed by atoms with Gasteiger partial charge in [-0.15, -0.1) is 0 Å². The maximum Gasteiger partial charge on any atom is 0.325 e. The smallest absolute Gasteiger partial charge is 0.325 e. The van der Waals surface area contributed by atoms with Crippen LogP contribution in [0.4, 0.5) is 4.39 Å². The van der Waals surface area contributed by atoms with Gasteiger partial charge in [-0.25, -0.2) is 12.8 Å². The molecule has 1 saturated heterocycles. The largest absolute Gasteiger partial charge is 0.480 e. The van der Waals surface area contributed by atoms with Crippen LogP contribution >= 0.6 is 0 Å². The summed E-state index contributed by atoms with van der Waals surface area (Å²) < 4.78 is 36.1. The lowest BCUT2D eigenvalue weighted by atomic mass is 10.0. The number of sulfone groups is 1. The Bertz CT molecular complexity index is 615. The van der Waals surface area contributed by atoms with E-state index in [9.17, 15) is 22.7 Å². The van der Waals surface area contributed by atoms with Gasteiger partial charge in [0, 0.05) is 13.1 Å². The molecule has 0 aliphatic carbocycles. The van der Waals surface area contributed by atoms with Crippen LogP contribution in [0.2, 0.25) is 0 Å². The Morgan fingerprint density at radius 2 is 1.95 bits per heavy atom. The van der Waals surface area contributed by atoms with Crippen LogP contribution in [-0.2, 0) is 14.6 Å². The first-order valence-corrected chi connectivity index (χ1v) is 8.05. The summed E-state index contributed by atoms with van der Waals surface area (Å²) in [5, 5.41) is 9.38. The predicted molar refractivity (Wildman–Crippen MR) is 71.7 cm³/mol. The highest BCUT2D eigenvalue weighted by Crippen LogP contribution is 2.24. The Kier molecular flexibility index (Phi) is 4.10. The molecular formula is C13H16FNO4S. The first kappa shape index (κ1) is 14.9. The van der Waals surface area contributed by atoms with Gasteiger partial charge in [-0.3, -0.25) is 9.69 Å². The van der Waals surface area contributed by atoms with E-state index in [1.807, 2.05) is 0 Å². The molecule has 0 unspecified atom stereocenters. The Morgan fingerprint density at radius 3 is 2.45 bits per heavy atom. The lowest BCUT2D eigenvalue weighted by molar-refractivity contribution is -0.143. The van der Waals surface area contributed by atoms with Crippen molar-refractivity contribution in [3.63, 3.8) is 0 Å². The topological polar surface area (TPSA) is 74.7 Å². The molecule has 20 heavy (non-hydrogen) atoms. The maximum absolute atomic E-state index is 13.3. The monoisotopic (exact) mass is 301 g/mol. The van der Waals surface area contributed by atoms with Crippen molar-refractivity contribution in [1.29, 1.82) is 0 Å². The summed E-state index contributed by atoms with van der Waals surface area (Å²) in [6.45, 7) is 1.92. The Labute approximate surface area is 116 Å². The number of benzene rings is 1. The summed E-state index contributed by atoms with van der Waals surface area (Å²) >= 11 is 0. The molecule has 0 aromatic heterocycles. The number of carboxylic acid groups (broad SMARTS) is 1. The second-order valence-corrected chi connectivity index (χ2v) is 7.24. The molecule has 0 radical (unpaired) electrons. The van der Waals surface area contributed by atoms with Crippen molar-refractivity contribution in [3.8, 4) is 0 Å². The quantitative estimate of drug-likeness (QED) is 0.901. The van der Waals surface area contributed by atoms with Gasteiger partial charge in [-0.2, -0.15) is 0 Å². The summed E-state index contributed by atoms with van der Waals surface area (Å²) in [5.41, 5.74) is 0.842. The van der Waals surface area contributed by atoms with Crippen molar-refractivity contribution in [3.05, 3.63) is 35.1 Å². The minimum Gasteiger partial charge on any atom is -0.480 e. The van der Waals surface area contributed by atoms with E-state index in [2.05, 4.69) is 0 Å². The highest BCUT2D eigenvalue weighted by atomic mass is 32.2. The van der Waals surface area contributed by atoms with E-state index in [0.29, 0.717) is 11.1 Å². The highest BCUT2D eigenvalue weighted by molar-refractivity contribution is 7.91. The summed E-state index contributed by atoms with van der Waals surface area (Å²) in [5.74, 6) is -1.54. The zero-order valence-electron chi connectivity index (χ0n) is 11.0. The van der Waals surface area contributed by atoms with E-state index in [4.69, 9.17) is 0 Å². The molecule has 110 valence electrons. The van der Waals surface area contributed by atoms with E-state index in [-0.39, 0.29) is 30.4 Å². The molecule has 1 heterocycles. The zero-order chi connectivity index (χ0) is 14.9. The fourth-order valence-corrected chi connectivity index (χ4v) is 3.56. The summed E-state index contributed by atoms with van der Waals surface area (Å²) in [7, 11) is -3.07. The lowest BCUT2D eigenvalue weighted by Gasteiger charge is -2.32. The molecule has 1 atom stereocenters. The molecule has 0 saturated carbocycles. The van der Waals surface area contributed by atoms with Crippen molar-refractivity contribution in [2.24, 2.45) is 0 Å². The number of rotatable bonds is 3. The summed E-state index contributed by atoms with van der Waals surface area (Å²) in [6.07, 6.45) is 0. The second-order valence-electron chi connectivity index (χ2n) is 4.94. The van der Waals surface area contributed by atoms with Gasteiger partial charge < -0.3 is 5.11 Å². The number of aliphatic carboxylic acids is 1. The van der Waals surface area contributed by atoms with E-state index in [1.165, 1.54) is 18.2 Å². The van der Waals surface area contributed by atoms with Crippen LogP contribution in [0.3, 0.4) is 0 Å². The number of hydrogen-bond donors (Lipinski definition) is 1. The third-order valence-electron chi connectivity index (χ3n) is 3.48. The first-order valence-electron chi connectivity index (χ1n) is 6.23. The highest BCUT2D eigenvalue weighted by Gasteiger charge is 2.32. The summed E-state index contributed by atoms with van der Waals surface area (Å²) in [6, 6.07) is 3.23. The van der Waals surface area contributed by atoms with Crippen LogP contribution in [0, 0.1) is 12.7 Å². The fraction of sp³-hybridized carbons (Fsp3) is 0.462. The van der Waals surface area contributed by atoms with Gasteiger partial charge >= 0.3 is 5.97 Å². The number of carbonyl (C=O) groups is 1. The van der Waals surface area contributed by atoms with Gasteiger partial charge in [0.05, 0.1) is 11.5 Å². The molecule has 2 rings (SSSR count). The molecule has 1 aromatic rings. The van der Waals surface area contributed by atoms with Crippen LogP contribution in [0.1, 0.15) is 17.2 Å². The van der Waals surface area contributed by atoms with Gasteiger partial charge in [-0.1, -0.05) is 12.1 Å². The van der Waals surface area contributed by atoms with E-state index < -0.39 is 21.8 Å². The fourth-order valence-electron chi connectivity index (χ4n) is 2.33. The molecule has 1 aliphatic heterocycles. The second kappa shape index (κ2) is 5.49. The molecule has 5 nitrogen and oxygen atoms in total. The molecule has 0 bridgehead atoms. The summed E-state index contributed by atoms with van der Waals surface area (Å²) in [4.78, 5) is 13.1. The molecule has 1 aromatic carbocycles. The van der Waals surface area contributed by atoms with Crippen LogP contribution in [-0.4, -0.2) is 49.0 Å². The third kappa shape index (κ3) is 3.16. The minimum absolute atomic E-state index is 0.0447. The van der Waals surface area contributed by atoms with Crippen molar-refractivity contribution in [1.82, 2.24) is 4.90 Å². The van der Waals surface area contributed by atoms with Gasteiger partial charge in [0.2, 0.25) is 0 Å². The predicted octanol–water partition coefficient (Wildman–Crippen LogP) is 0.990. The van der Waals surface area contributed by atoms with Crippen LogP contribution in [0.5, 0.6) is 0 Å². The molecule has 0 amide bonds. The van der Waals surface area contributed by atoms with Crippen molar-refractivity contribution in [2.75, 3.05) is 24.6 Å². The molecule has 0 spiro atoms. The van der Waals surface area contributed by atoms with Crippen LogP contribution < -0.4 is 0 Å². The Hall–Kier alpha value is -1.47. The minimum atomic E-state index is -3.07. The van der Waals surface area contributed by atoms with E-state index in [0.717, 1.165) is 0 Å². The third-order valence-corrected chi connectivity index (χ3v) is 5.08. The molecule has 1 aliphatic rings. The number of halogens is 1. The van der Waals surface area contributed by atoms with Crippen molar-refractivity contribution < 1.29 is 22.7 Å². The van der Waals surface area contributed by atoms with Crippen LogP contribution in [0.15, 0.2) is 18.2 Å². The lowest BCUT2D eigenvalue weighted by Crippen LogP contribution is -2.44. The van der Waals surface area contributed by atoms with E-state index >= 15 is 0 Å². The molecule has 1 fully saturated rings. The van der Waals surface area contributed by atoms with Gasteiger partial charge in [0.25, 0.3) is 0 Å². The first-order chi connectivity index (χ1) is 9.30. The molecular weight excluding hydrogens is 285 g/mol. The number of hydrogen-bond acceptors (Lipinski definition) is 4. The van der Waals surface area contributed by atoms with Gasteiger partial charge in [0.1, 0.15) is 11.9 Å². The SMILES string of the molecule is Cc1cc([C@@H](C(=O)O)N2CCS(=O)(=O)CC2)ccc1F.